The highest BCUT2D eigenvalue weighted by Crippen LogP contribution is 2.34. The van der Waals surface area contributed by atoms with Crippen LogP contribution in [0.5, 0.6) is 0 Å². The number of nitrogens with one attached hydrogen (secondary N) is 1. The van der Waals surface area contributed by atoms with Gasteiger partial charge < -0.3 is 15.2 Å². The third-order valence-corrected chi connectivity index (χ3v) is 2.24. The van der Waals surface area contributed by atoms with Crippen molar-refractivity contribution >= 4 is 5.91 Å². The largest absolute Gasteiger partial charge is 0.394 e. The fourth-order valence-corrected chi connectivity index (χ4v) is 1.14. The van der Waals surface area contributed by atoms with E-state index in [0.717, 1.165) is 12.8 Å². The number of carbonyl (C=O) groups excluding carboxylic acids is 1. The van der Waals surface area contributed by atoms with Gasteiger partial charge in [-0.3, -0.25) is 4.79 Å². The minimum Gasteiger partial charge on any atom is -0.394 e. The third kappa shape index (κ3) is 3.32. The van der Waals surface area contributed by atoms with Gasteiger partial charge in [-0.25, -0.2) is 0 Å². The summed E-state index contributed by atoms with van der Waals surface area (Å²) < 4.78 is 5.05. The van der Waals surface area contributed by atoms with Crippen LogP contribution in [0.15, 0.2) is 0 Å². The predicted octanol–water partition coefficient (Wildman–Crippen LogP) is 0.0541. The normalized spacial score (nSPS) is 18.3. The van der Waals surface area contributed by atoms with Crippen LogP contribution in [-0.4, -0.2) is 36.4 Å². The molecule has 1 fully saturated rings. The summed E-state index contributed by atoms with van der Waals surface area (Å²) in [6, 6.07) is 0. The Balaban J connectivity index is 2.11. The Morgan fingerprint density at radius 3 is 2.77 bits per heavy atom. The molecule has 0 saturated heterocycles. The van der Waals surface area contributed by atoms with Gasteiger partial charge in [0.1, 0.15) is 0 Å². The monoisotopic (exact) mass is 187 g/mol. The van der Waals surface area contributed by atoms with Gasteiger partial charge in [0.2, 0.25) is 5.91 Å². The number of hydrogen-bond donors (Lipinski definition) is 2. The standard InChI is InChI=1S/C9H17NO3/c1-2-13-6-3-8(12)10-9(7-11)4-5-9/h11H,2-7H2,1H3,(H,10,12). The van der Waals surface area contributed by atoms with Crippen molar-refractivity contribution in [3.8, 4) is 0 Å². The van der Waals surface area contributed by atoms with E-state index in [9.17, 15) is 4.79 Å². The first-order valence-corrected chi connectivity index (χ1v) is 4.72. The zero-order valence-electron chi connectivity index (χ0n) is 8.01. The molecule has 1 amide bonds. The van der Waals surface area contributed by atoms with Crippen molar-refractivity contribution < 1.29 is 14.6 Å². The maximum Gasteiger partial charge on any atom is 0.222 e. The van der Waals surface area contributed by atoms with Gasteiger partial charge in [0.15, 0.2) is 0 Å². The Labute approximate surface area is 78.3 Å². The molecule has 2 N–H and O–H groups in total. The first-order valence-electron chi connectivity index (χ1n) is 4.72. The van der Waals surface area contributed by atoms with Gasteiger partial charge in [0, 0.05) is 13.0 Å². The van der Waals surface area contributed by atoms with Gasteiger partial charge in [0.25, 0.3) is 0 Å². The van der Waals surface area contributed by atoms with E-state index in [4.69, 9.17) is 9.84 Å². The van der Waals surface area contributed by atoms with Crippen LogP contribution in [0.25, 0.3) is 0 Å². The Kier molecular flexibility index (Phi) is 3.69. The number of rotatable bonds is 6. The molecule has 0 radical (unpaired) electrons. The van der Waals surface area contributed by atoms with Gasteiger partial charge in [-0.05, 0) is 19.8 Å². The number of aliphatic hydroxyl groups excluding tert-OH is 1. The van der Waals surface area contributed by atoms with Gasteiger partial charge in [-0.1, -0.05) is 0 Å². The van der Waals surface area contributed by atoms with E-state index < -0.39 is 0 Å². The van der Waals surface area contributed by atoms with Crippen LogP contribution < -0.4 is 5.32 Å². The first-order chi connectivity index (χ1) is 6.22. The van der Waals surface area contributed by atoms with Crippen molar-refractivity contribution in [1.82, 2.24) is 5.32 Å². The topological polar surface area (TPSA) is 58.6 Å². The molecule has 1 saturated carbocycles. The molecule has 0 aromatic heterocycles. The molecule has 0 aromatic rings. The quantitative estimate of drug-likeness (QED) is 0.578. The van der Waals surface area contributed by atoms with Crippen molar-refractivity contribution in [3.05, 3.63) is 0 Å². The summed E-state index contributed by atoms with van der Waals surface area (Å²) in [6.45, 7) is 3.05. The number of aliphatic hydroxyl groups is 1. The molecule has 0 aromatic carbocycles. The van der Waals surface area contributed by atoms with Crippen LogP contribution >= 0.6 is 0 Å². The molecule has 0 atom stereocenters. The van der Waals surface area contributed by atoms with E-state index in [-0.39, 0.29) is 18.1 Å². The van der Waals surface area contributed by atoms with E-state index >= 15 is 0 Å². The highest BCUT2D eigenvalue weighted by Gasteiger charge is 2.43. The second-order valence-corrected chi connectivity index (χ2v) is 3.43. The lowest BCUT2D eigenvalue weighted by Crippen LogP contribution is -2.39. The van der Waals surface area contributed by atoms with Gasteiger partial charge in [0.05, 0.1) is 18.8 Å². The van der Waals surface area contributed by atoms with Crippen LogP contribution in [0.3, 0.4) is 0 Å². The summed E-state index contributed by atoms with van der Waals surface area (Å²) in [6.07, 6.45) is 2.17. The van der Waals surface area contributed by atoms with E-state index in [1.54, 1.807) is 0 Å². The summed E-state index contributed by atoms with van der Waals surface area (Å²) in [5.41, 5.74) is -0.288. The van der Waals surface area contributed by atoms with Crippen molar-refractivity contribution in [2.24, 2.45) is 0 Å². The molecule has 0 unspecified atom stereocenters. The minimum atomic E-state index is -0.288. The van der Waals surface area contributed by atoms with E-state index in [0.29, 0.717) is 19.6 Å². The molecular weight excluding hydrogens is 170 g/mol. The highest BCUT2D eigenvalue weighted by molar-refractivity contribution is 5.77. The van der Waals surface area contributed by atoms with Crippen LogP contribution in [0.1, 0.15) is 26.2 Å². The number of carbonyl (C=O) groups is 1. The Morgan fingerprint density at radius 2 is 2.31 bits per heavy atom. The van der Waals surface area contributed by atoms with Gasteiger partial charge in [-0.2, -0.15) is 0 Å². The second kappa shape index (κ2) is 4.58. The number of amides is 1. The Bertz CT molecular complexity index is 178. The lowest BCUT2D eigenvalue weighted by Gasteiger charge is -2.13. The van der Waals surface area contributed by atoms with E-state index in [1.165, 1.54) is 0 Å². The maximum atomic E-state index is 11.2. The van der Waals surface area contributed by atoms with Crippen LogP contribution in [0.4, 0.5) is 0 Å². The van der Waals surface area contributed by atoms with Crippen molar-refractivity contribution in [2.45, 2.75) is 31.7 Å². The molecule has 1 aliphatic rings. The SMILES string of the molecule is CCOCCC(=O)NC1(CO)CC1. The van der Waals surface area contributed by atoms with E-state index in [1.807, 2.05) is 6.92 Å². The lowest BCUT2D eigenvalue weighted by atomic mass is 10.3. The molecule has 4 heteroatoms. The summed E-state index contributed by atoms with van der Waals surface area (Å²) in [5.74, 6) is -0.0278. The summed E-state index contributed by atoms with van der Waals surface area (Å²) in [7, 11) is 0. The zero-order valence-corrected chi connectivity index (χ0v) is 8.01. The summed E-state index contributed by atoms with van der Waals surface area (Å²) >= 11 is 0. The Hall–Kier alpha value is -0.610. The Morgan fingerprint density at radius 1 is 1.62 bits per heavy atom. The first kappa shape index (κ1) is 10.5. The minimum absolute atomic E-state index is 0.0278. The van der Waals surface area contributed by atoms with Crippen molar-refractivity contribution in [1.29, 1.82) is 0 Å². The number of ether oxygens (including phenoxy) is 1. The maximum absolute atomic E-state index is 11.2. The van der Waals surface area contributed by atoms with Gasteiger partial charge in [-0.15, -0.1) is 0 Å². The molecule has 1 aliphatic carbocycles. The molecule has 76 valence electrons. The molecule has 0 spiro atoms. The van der Waals surface area contributed by atoms with E-state index in [2.05, 4.69) is 5.32 Å². The number of hydrogen-bond acceptors (Lipinski definition) is 3. The summed E-state index contributed by atoms with van der Waals surface area (Å²) in [5, 5.41) is 11.7. The average molecular weight is 187 g/mol. The van der Waals surface area contributed by atoms with Crippen LogP contribution in [0.2, 0.25) is 0 Å². The molecular formula is C9H17NO3. The second-order valence-electron chi connectivity index (χ2n) is 3.43. The molecule has 4 nitrogen and oxygen atoms in total. The zero-order chi connectivity index (χ0) is 9.73. The molecule has 1 rings (SSSR count). The van der Waals surface area contributed by atoms with Crippen LogP contribution in [0, 0.1) is 0 Å². The third-order valence-electron chi connectivity index (χ3n) is 2.24. The molecule has 13 heavy (non-hydrogen) atoms. The predicted molar refractivity (Wildman–Crippen MR) is 48.3 cm³/mol. The fraction of sp³-hybridized carbons (Fsp3) is 0.889. The van der Waals surface area contributed by atoms with Crippen LogP contribution in [-0.2, 0) is 9.53 Å². The molecule has 0 aliphatic heterocycles. The molecule has 0 bridgehead atoms. The highest BCUT2D eigenvalue weighted by atomic mass is 16.5. The van der Waals surface area contributed by atoms with Gasteiger partial charge >= 0.3 is 0 Å². The van der Waals surface area contributed by atoms with Crippen molar-refractivity contribution in [2.75, 3.05) is 19.8 Å². The summed E-state index contributed by atoms with van der Waals surface area (Å²) in [4.78, 5) is 11.2. The average Bonchev–Trinajstić information content (AvgIpc) is 2.86. The van der Waals surface area contributed by atoms with Crippen molar-refractivity contribution in [3.63, 3.8) is 0 Å². The lowest BCUT2D eigenvalue weighted by molar-refractivity contribution is -0.123. The smallest absolute Gasteiger partial charge is 0.222 e. The molecule has 0 heterocycles. The fourth-order valence-electron chi connectivity index (χ4n) is 1.14.